The molecular weight excluding hydrogens is 124 g/mol. The lowest BCUT2D eigenvalue weighted by Crippen LogP contribution is -2.40. The zero-order chi connectivity index (χ0) is 7.11. The molecule has 0 unspecified atom stereocenters. The van der Waals surface area contributed by atoms with Gasteiger partial charge in [0.15, 0.2) is 0 Å². The van der Waals surface area contributed by atoms with Crippen molar-refractivity contribution in [1.82, 2.24) is 10.2 Å². The summed E-state index contributed by atoms with van der Waals surface area (Å²) in [6.07, 6.45) is 0. The predicted octanol–water partition coefficient (Wildman–Crippen LogP) is 1.18. The van der Waals surface area contributed by atoms with Crippen LogP contribution >= 0.6 is 0 Å². The minimum Gasteiger partial charge on any atom is -0.314 e. The molecule has 1 fully saturated rings. The number of likely N-dealkylation sites (N-methyl/N-ethyl adjacent to an activating group) is 1. The van der Waals surface area contributed by atoms with Crippen molar-refractivity contribution in [3.05, 3.63) is 0 Å². The zero-order valence-electron chi connectivity index (χ0n) is 6.78. The first-order chi connectivity index (χ1) is 4.39. The fraction of sp³-hybridized carbons (Fsp3) is 1.00. The molecule has 0 aromatic carbocycles. The molecule has 1 N–H and O–H groups in total. The summed E-state index contributed by atoms with van der Waals surface area (Å²) >= 11 is 0. The Morgan fingerprint density at radius 3 is 1.70 bits per heavy atom. The Labute approximate surface area is 65.6 Å². The van der Waals surface area contributed by atoms with Crippen molar-refractivity contribution in [3.8, 4) is 0 Å². The summed E-state index contributed by atoms with van der Waals surface area (Å²) in [5, 5.41) is 3.27. The van der Waals surface area contributed by atoms with Crippen LogP contribution in [-0.4, -0.2) is 38.1 Å². The fourth-order valence-corrected chi connectivity index (χ4v) is 0.777. The van der Waals surface area contributed by atoms with E-state index >= 15 is 0 Å². The second-order valence-electron chi connectivity index (χ2n) is 2.05. The van der Waals surface area contributed by atoms with Gasteiger partial charge in [0.2, 0.25) is 0 Å². The van der Waals surface area contributed by atoms with E-state index in [1.807, 2.05) is 13.8 Å². The van der Waals surface area contributed by atoms with E-state index < -0.39 is 0 Å². The van der Waals surface area contributed by atoms with Crippen molar-refractivity contribution >= 4 is 0 Å². The number of rotatable bonds is 0. The third-order valence-corrected chi connectivity index (χ3v) is 1.34. The van der Waals surface area contributed by atoms with Crippen LogP contribution < -0.4 is 5.32 Å². The standard InChI is InChI=1S/C5H12N2.C2H6.CH4/c1-7-4-2-6-3-5-7;1-2;/h6H,2-5H2,1H3;1-2H3;1H4. The number of nitrogens with zero attached hydrogens (tertiary/aromatic N) is 1. The van der Waals surface area contributed by atoms with Gasteiger partial charge >= 0.3 is 0 Å². The largest absolute Gasteiger partial charge is 0.314 e. The molecule has 2 heteroatoms. The number of hydrogen-bond acceptors (Lipinski definition) is 2. The van der Waals surface area contributed by atoms with E-state index in [1.54, 1.807) is 0 Å². The van der Waals surface area contributed by atoms with Gasteiger partial charge in [-0.1, -0.05) is 21.3 Å². The molecule has 0 saturated carbocycles. The van der Waals surface area contributed by atoms with E-state index in [4.69, 9.17) is 0 Å². The minimum absolute atomic E-state index is 0. The van der Waals surface area contributed by atoms with Crippen LogP contribution in [0, 0.1) is 0 Å². The van der Waals surface area contributed by atoms with Gasteiger partial charge in [-0.05, 0) is 7.05 Å². The molecule has 1 aliphatic heterocycles. The molecule has 1 aliphatic rings. The summed E-state index contributed by atoms with van der Waals surface area (Å²) in [4.78, 5) is 2.33. The maximum absolute atomic E-state index is 3.27. The topological polar surface area (TPSA) is 15.3 Å². The highest BCUT2D eigenvalue weighted by Crippen LogP contribution is 1.82. The highest BCUT2D eigenvalue weighted by Gasteiger charge is 2.01. The maximum atomic E-state index is 3.27. The molecule has 0 aromatic rings. The lowest BCUT2D eigenvalue weighted by Gasteiger charge is -2.21. The van der Waals surface area contributed by atoms with E-state index in [-0.39, 0.29) is 7.43 Å². The number of hydrogen-bond donors (Lipinski definition) is 1. The Bertz CT molecular complexity index is 49.2. The van der Waals surface area contributed by atoms with Crippen LogP contribution in [0.15, 0.2) is 0 Å². The van der Waals surface area contributed by atoms with Crippen molar-refractivity contribution in [2.24, 2.45) is 0 Å². The average molecular weight is 146 g/mol. The van der Waals surface area contributed by atoms with Crippen molar-refractivity contribution in [1.29, 1.82) is 0 Å². The van der Waals surface area contributed by atoms with Gasteiger partial charge in [0.25, 0.3) is 0 Å². The summed E-state index contributed by atoms with van der Waals surface area (Å²) in [7, 11) is 2.15. The second kappa shape index (κ2) is 8.92. The molecule has 0 aromatic heterocycles. The average Bonchev–Trinajstić information content (AvgIpc) is 1.94. The Balaban J connectivity index is 0. The van der Waals surface area contributed by atoms with Crippen LogP contribution in [0.25, 0.3) is 0 Å². The third kappa shape index (κ3) is 6.05. The van der Waals surface area contributed by atoms with Gasteiger partial charge in [0, 0.05) is 26.2 Å². The normalized spacial score (nSPS) is 18.3. The van der Waals surface area contributed by atoms with Gasteiger partial charge in [0.05, 0.1) is 0 Å². The van der Waals surface area contributed by atoms with E-state index in [0.717, 1.165) is 13.1 Å². The van der Waals surface area contributed by atoms with E-state index in [9.17, 15) is 0 Å². The van der Waals surface area contributed by atoms with Crippen LogP contribution in [0.5, 0.6) is 0 Å². The maximum Gasteiger partial charge on any atom is 0.0104 e. The SMILES string of the molecule is C.CC.CN1CCNCC1. The first-order valence-electron chi connectivity index (χ1n) is 3.79. The molecule has 0 amide bonds. The Morgan fingerprint density at radius 2 is 1.50 bits per heavy atom. The summed E-state index contributed by atoms with van der Waals surface area (Å²) in [5.74, 6) is 0. The minimum atomic E-state index is 0. The molecule has 0 aliphatic carbocycles. The van der Waals surface area contributed by atoms with Crippen LogP contribution in [-0.2, 0) is 0 Å². The van der Waals surface area contributed by atoms with Crippen LogP contribution in [0.1, 0.15) is 21.3 Å². The summed E-state index contributed by atoms with van der Waals surface area (Å²) in [6, 6.07) is 0. The lowest BCUT2D eigenvalue weighted by atomic mass is 10.4. The van der Waals surface area contributed by atoms with E-state index in [1.165, 1.54) is 13.1 Å². The van der Waals surface area contributed by atoms with Crippen molar-refractivity contribution in [2.45, 2.75) is 21.3 Å². The van der Waals surface area contributed by atoms with E-state index in [0.29, 0.717) is 0 Å². The van der Waals surface area contributed by atoms with Crippen molar-refractivity contribution < 1.29 is 0 Å². The van der Waals surface area contributed by atoms with Gasteiger partial charge in [-0.3, -0.25) is 0 Å². The van der Waals surface area contributed by atoms with Crippen LogP contribution in [0.3, 0.4) is 0 Å². The summed E-state index contributed by atoms with van der Waals surface area (Å²) in [5.41, 5.74) is 0. The molecule has 64 valence electrons. The number of nitrogens with one attached hydrogen (secondary N) is 1. The highest BCUT2D eigenvalue weighted by molar-refractivity contribution is 4.62. The quantitative estimate of drug-likeness (QED) is 0.552. The third-order valence-electron chi connectivity index (χ3n) is 1.34. The summed E-state index contributed by atoms with van der Waals surface area (Å²) in [6.45, 7) is 8.74. The predicted molar refractivity (Wildman–Crippen MR) is 48.4 cm³/mol. The first kappa shape index (κ1) is 12.6. The van der Waals surface area contributed by atoms with Gasteiger partial charge in [-0.2, -0.15) is 0 Å². The highest BCUT2D eigenvalue weighted by atomic mass is 15.2. The molecule has 0 spiro atoms. The Morgan fingerprint density at radius 1 is 1.10 bits per heavy atom. The van der Waals surface area contributed by atoms with E-state index in [2.05, 4.69) is 17.3 Å². The molecule has 2 nitrogen and oxygen atoms in total. The lowest BCUT2D eigenvalue weighted by molar-refractivity contribution is 0.291. The molecule has 10 heavy (non-hydrogen) atoms. The van der Waals surface area contributed by atoms with Crippen LogP contribution in [0.4, 0.5) is 0 Å². The molecule has 1 heterocycles. The number of piperazine rings is 1. The smallest absolute Gasteiger partial charge is 0.0104 e. The molecule has 0 bridgehead atoms. The Kier molecular flexibility index (Phi) is 11.2. The second-order valence-corrected chi connectivity index (χ2v) is 2.05. The molecule has 0 radical (unpaired) electrons. The molecule has 1 rings (SSSR count). The molecule has 0 atom stereocenters. The van der Waals surface area contributed by atoms with Gasteiger partial charge in [-0.25, -0.2) is 0 Å². The monoisotopic (exact) mass is 146 g/mol. The molecule has 1 saturated heterocycles. The van der Waals surface area contributed by atoms with Gasteiger partial charge in [-0.15, -0.1) is 0 Å². The Hall–Kier alpha value is -0.0800. The first-order valence-corrected chi connectivity index (χ1v) is 3.79. The fourth-order valence-electron chi connectivity index (χ4n) is 0.777. The molecular formula is C8H22N2. The zero-order valence-corrected chi connectivity index (χ0v) is 6.78. The summed E-state index contributed by atoms with van der Waals surface area (Å²) < 4.78 is 0. The van der Waals surface area contributed by atoms with Crippen LogP contribution in [0.2, 0.25) is 0 Å². The van der Waals surface area contributed by atoms with Gasteiger partial charge in [0.1, 0.15) is 0 Å². The van der Waals surface area contributed by atoms with Gasteiger partial charge < -0.3 is 10.2 Å². The van der Waals surface area contributed by atoms with Crippen molar-refractivity contribution in [3.63, 3.8) is 0 Å². The van der Waals surface area contributed by atoms with Crippen molar-refractivity contribution in [2.75, 3.05) is 33.2 Å².